The summed E-state index contributed by atoms with van der Waals surface area (Å²) in [6, 6.07) is 8.45. The van der Waals surface area contributed by atoms with Gasteiger partial charge in [0, 0.05) is 13.1 Å². The van der Waals surface area contributed by atoms with Crippen molar-refractivity contribution < 1.29 is 13.2 Å². The fourth-order valence-corrected chi connectivity index (χ4v) is 4.69. The average molecular weight is 372 g/mol. The quantitative estimate of drug-likeness (QED) is 0.749. The van der Waals surface area contributed by atoms with Gasteiger partial charge < -0.3 is 9.64 Å². The molecule has 0 aliphatic carbocycles. The van der Waals surface area contributed by atoms with Crippen molar-refractivity contribution >= 4 is 38.5 Å². The van der Waals surface area contributed by atoms with E-state index in [9.17, 15) is 8.42 Å². The summed E-state index contributed by atoms with van der Waals surface area (Å²) in [5.74, 6) is -0.0163. The lowest BCUT2D eigenvalue weighted by Crippen LogP contribution is -2.36. The van der Waals surface area contributed by atoms with Crippen molar-refractivity contribution in [3.05, 3.63) is 34.3 Å². The number of aryl methyl sites for hydroxylation is 1. The van der Waals surface area contributed by atoms with Crippen LogP contribution in [0.15, 0.2) is 35.2 Å². The van der Waals surface area contributed by atoms with Crippen molar-refractivity contribution in [1.82, 2.24) is 9.78 Å². The van der Waals surface area contributed by atoms with E-state index in [1.165, 1.54) is 11.3 Å². The van der Waals surface area contributed by atoms with Crippen LogP contribution in [0.3, 0.4) is 0 Å². The predicted molar refractivity (Wildman–Crippen MR) is 92.5 cm³/mol. The maximum atomic E-state index is 12.3. The molecule has 3 rings (SSSR count). The predicted octanol–water partition coefficient (Wildman–Crippen LogP) is 1.98. The van der Waals surface area contributed by atoms with E-state index < -0.39 is 9.84 Å². The van der Waals surface area contributed by atoms with Crippen LogP contribution in [-0.4, -0.2) is 50.3 Å². The maximum absolute atomic E-state index is 12.3. The zero-order valence-corrected chi connectivity index (χ0v) is 14.9. The molecule has 1 aromatic carbocycles. The van der Waals surface area contributed by atoms with Gasteiger partial charge in [-0.15, -0.1) is 5.10 Å². The molecule has 23 heavy (non-hydrogen) atoms. The number of sulfone groups is 1. The van der Waals surface area contributed by atoms with E-state index in [1.54, 1.807) is 35.0 Å². The summed E-state index contributed by atoms with van der Waals surface area (Å²) in [4.78, 5) is 2.45. The molecule has 1 aliphatic rings. The third kappa shape index (κ3) is 3.97. The van der Waals surface area contributed by atoms with E-state index in [4.69, 9.17) is 17.0 Å². The lowest BCUT2D eigenvalue weighted by Gasteiger charge is -2.25. The Morgan fingerprint density at radius 1 is 1.22 bits per heavy atom. The third-order valence-electron chi connectivity index (χ3n) is 3.55. The van der Waals surface area contributed by atoms with Gasteiger partial charge in [-0.1, -0.05) is 29.5 Å². The van der Waals surface area contributed by atoms with Crippen molar-refractivity contribution in [2.24, 2.45) is 0 Å². The summed E-state index contributed by atoms with van der Waals surface area (Å²) in [5.41, 5.74) is 0. The lowest BCUT2D eigenvalue weighted by atomic mass is 10.4. The van der Waals surface area contributed by atoms with E-state index in [0.29, 0.717) is 22.1 Å². The fraction of sp³-hybridized carbons (Fsp3) is 0.429. The zero-order chi connectivity index (χ0) is 16.3. The van der Waals surface area contributed by atoms with Gasteiger partial charge >= 0.3 is 0 Å². The molecule has 0 bridgehead atoms. The Bertz CT molecular complexity index is 809. The van der Waals surface area contributed by atoms with E-state index in [0.717, 1.165) is 18.2 Å². The second-order valence-electron chi connectivity index (χ2n) is 5.11. The number of benzene rings is 1. The minimum Gasteiger partial charge on any atom is -0.378 e. The van der Waals surface area contributed by atoms with Gasteiger partial charge in [-0.25, -0.2) is 13.1 Å². The number of aromatic nitrogens is 2. The van der Waals surface area contributed by atoms with Gasteiger partial charge in [0.05, 0.1) is 30.4 Å². The first-order valence-corrected chi connectivity index (χ1v) is 10.1. The van der Waals surface area contributed by atoms with Crippen LogP contribution in [0, 0.1) is 3.95 Å². The summed E-state index contributed by atoms with van der Waals surface area (Å²) in [6.07, 6.45) is 0. The molecular formula is C14H17N3O3S3. The fourth-order valence-electron chi connectivity index (χ4n) is 2.27. The summed E-state index contributed by atoms with van der Waals surface area (Å²) < 4.78 is 32.2. The Labute approximate surface area is 144 Å². The standard InChI is InChI=1S/C14H17N3O3S3/c18-23(19,12-4-2-1-3-5-12)11-8-17-14(21)22-13(15-17)16-6-9-20-10-7-16/h1-5H,6-11H2. The SMILES string of the molecule is O=S(=O)(CCn1nc(N2CCOCC2)sc1=S)c1ccccc1. The molecule has 124 valence electrons. The maximum Gasteiger partial charge on any atom is 0.207 e. The van der Waals surface area contributed by atoms with Crippen LogP contribution in [0.5, 0.6) is 0 Å². The molecule has 2 heterocycles. The molecule has 1 aliphatic heterocycles. The summed E-state index contributed by atoms with van der Waals surface area (Å²) in [7, 11) is -3.33. The molecular weight excluding hydrogens is 354 g/mol. The van der Waals surface area contributed by atoms with E-state index in [1.807, 2.05) is 0 Å². The highest BCUT2D eigenvalue weighted by molar-refractivity contribution is 7.91. The molecule has 1 saturated heterocycles. The molecule has 0 unspecified atom stereocenters. The van der Waals surface area contributed by atoms with Crippen molar-refractivity contribution in [3.63, 3.8) is 0 Å². The second-order valence-corrected chi connectivity index (χ2v) is 8.82. The number of hydrogen-bond acceptors (Lipinski definition) is 7. The van der Waals surface area contributed by atoms with Gasteiger partial charge in [-0.3, -0.25) is 0 Å². The molecule has 0 spiro atoms. The second kappa shape index (κ2) is 7.08. The highest BCUT2D eigenvalue weighted by Crippen LogP contribution is 2.21. The first-order chi connectivity index (χ1) is 11.1. The van der Waals surface area contributed by atoms with Crippen LogP contribution in [0.2, 0.25) is 0 Å². The largest absolute Gasteiger partial charge is 0.378 e. The summed E-state index contributed by atoms with van der Waals surface area (Å²) in [6.45, 7) is 3.18. The Morgan fingerprint density at radius 3 is 2.61 bits per heavy atom. The Hall–Kier alpha value is -1.29. The van der Waals surface area contributed by atoms with Gasteiger partial charge in [0.2, 0.25) is 5.13 Å². The van der Waals surface area contributed by atoms with Crippen molar-refractivity contribution in [3.8, 4) is 0 Å². The molecule has 0 radical (unpaired) electrons. The van der Waals surface area contributed by atoms with E-state index in [2.05, 4.69) is 10.00 Å². The first-order valence-electron chi connectivity index (χ1n) is 7.25. The number of anilines is 1. The topological polar surface area (TPSA) is 64.4 Å². The van der Waals surface area contributed by atoms with Crippen LogP contribution in [0.1, 0.15) is 0 Å². The van der Waals surface area contributed by atoms with Crippen LogP contribution in [-0.2, 0) is 21.1 Å². The van der Waals surface area contributed by atoms with Crippen molar-refractivity contribution in [1.29, 1.82) is 0 Å². The van der Waals surface area contributed by atoms with Crippen LogP contribution in [0.4, 0.5) is 5.13 Å². The van der Waals surface area contributed by atoms with Crippen LogP contribution in [0.25, 0.3) is 0 Å². The zero-order valence-electron chi connectivity index (χ0n) is 12.4. The molecule has 1 aromatic heterocycles. The molecule has 1 fully saturated rings. The number of hydrogen-bond donors (Lipinski definition) is 0. The smallest absolute Gasteiger partial charge is 0.207 e. The Kier molecular flexibility index (Phi) is 5.10. The molecule has 9 heteroatoms. The van der Waals surface area contributed by atoms with Gasteiger partial charge in [0.15, 0.2) is 13.8 Å². The molecule has 6 nitrogen and oxygen atoms in total. The monoisotopic (exact) mass is 371 g/mol. The van der Waals surface area contributed by atoms with Gasteiger partial charge in [0.25, 0.3) is 0 Å². The van der Waals surface area contributed by atoms with Crippen molar-refractivity contribution in [2.75, 3.05) is 37.0 Å². The highest BCUT2D eigenvalue weighted by atomic mass is 32.2. The third-order valence-corrected chi connectivity index (χ3v) is 6.63. The minimum atomic E-state index is -3.33. The molecule has 0 saturated carbocycles. The Morgan fingerprint density at radius 2 is 1.91 bits per heavy atom. The number of ether oxygens (including phenoxy) is 1. The lowest BCUT2D eigenvalue weighted by molar-refractivity contribution is 0.122. The Balaban J connectivity index is 1.71. The van der Waals surface area contributed by atoms with E-state index >= 15 is 0 Å². The van der Waals surface area contributed by atoms with Gasteiger partial charge in [0.1, 0.15) is 0 Å². The minimum absolute atomic E-state index is 0.0163. The molecule has 2 aromatic rings. The summed E-state index contributed by atoms with van der Waals surface area (Å²) >= 11 is 6.72. The highest BCUT2D eigenvalue weighted by Gasteiger charge is 2.18. The summed E-state index contributed by atoms with van der Waals surface area (Å²) in [5, 5.41) is 5.30. The van der Waals surface area contributed by atoms with Crippen molar-refractivity contribution in [2.45, 2.75) is 11.4 Å². The number of morpholine rings is 1. The van der Waals surface area contributed by atoms with Crippen LogP contribution < -0.4 is 4.90 Å². The normalized spacial score (nSPS) is 15.7. The first kappa shape index (κ1) is 16.6. The molecule has 0 amide bonds. The van der Waals surface area contributed by atoms with Crippen LogP contribution >= 0.6 is 23.6 Å². The van der Waals surface area contributed by atoms with Gasteiger partial charge in [-0.2, -0.15) is 0 Å². The molecule has 0 atom stereocenters. The van der Waals surface area contributed by atoms with E-state index in [-0.39, 0.29) is 12.3 Å². The number of nitrogens with zero attached hydrogens (tertiary/aromatic N) is 3. The number of rotatable bonds is 5. The average Bonchev–Trinajstić information content (AvgIpc) is 2.96. The van der Waals surface area contributed by atoms with Gasteiger partial charge in [-0.05, 0) is 24.4 Å². The molecule has 0 N–H and O–H groups in total.